The van der Waals surface area contributed by atoms with E-state index >= 15 is 0 Å². The van der Waals surface area contributed by atoms with Gasteiger partial charge in [0.1, 0.15) is 0 Å². The fourth-order valence-corrected chi connectivity index (χ4v) is 0.333. The molecule has 0 aliphatic carbocycles. The Morgan fingerprint density at radius 3 is 2.36 bits per heavy atom. The van der Waals surface area contributed by atoms with Crippen molar-refractivity contribution in [2.75, 3.05) is 6.61 Å². The van der Waals surface area contributed by atoms with Crippen molar-refractivity contribution in [3.05, 3.63) is 0 Å². The maximum atomic E-state index is 12.2. The molecule has 0 amide bonds. The van der Waals surface area contributed by atoms with Crippen molar-refractivity contribution < 1.29 is 28.5 Å². The largest absolute Gasteiger partial charge is 0.461 e. The number of alkyl halides is 2. The first kappa shape index (κ1) is 10.2. The van der Waals surface area contributed by atoms with Crippen molar-refractivity contribution >= 4 is 5.97 Å². The number of halogens is 2. The molecule has 11 heavy (non-hydrogen) atoms. The summed E-state index contributed by atoms with van der Waals surface area (Å²) in [5, 5.41) is 16.0. The molecule has 0 rings (SSSR count). The summed E-state index contributed by atoms with van der Waals surface area (Å²) in [6.45, 7) is 1.10. The van der Waals surface area contributed by atoms with Gasteiger partial charge in [0.05, 0.1) is 6.61 Å². The van der Waals surface area contributed by atoms with E-state index in [1.54, 1.807) is 0 Å². The lowest BCUT2D eigenvalue weighted by molar-refractivity contribution is -0.226. The smallest absolute Gasteiger partial charge is 0.391 e. The molecule has 0 aromatic rings. The standard InChI is InChI=1S/C5H8F2O4/c1-2-11-4(10)5(6,7)3(8)9/h3,8-9H,2H2,1H3. The Hall–Kier alpha value is -0.750. The molecular weight excluding hydrogens is 162 g/mol. The van der Waals surface area contributed by atoms with Gasteiger partial charge in [-0.2, -0.15) is 8.78 Å². The van der Waals surface area contributed by atoms with Crippen LogP contribution in [0.15, 0.2) is 0 Å². The molecule has 0 bridgehead atoms. The third-order valence-corrected chi connectivity index (χ3v) is 0.872. The SMILES string of the molecule is CCOC(=O)C(F)(F)C(O)O. The average molecular weight is 170 g/mol. The van der Waals surface area contributed by atoms with E-state index in [4.69, 9.17) is 10.2 Å². The minimum Gasteiger partial charge on any atom is -0.461 e. The highest BCUT2D eigenvalue weighted by molar-refractivity contribution is 5.77. The molecule has 0 aliphatic heterocycles. The van der Waals surface area contributed by atoms with Crippen LogP contribution in [0.5, 0.6) is 0 Å². The maximum absolute atomic E-state index is 12.2. The Morgan fingerprint density at radius 2 is 2.09 bits per heavy atom. The molecule has 0 aliphatic rings. The molecule has 0 spiro atoms. The van der Waals surface area contributed by atoms with Gasteiger partial charge >= 0.3 is 11.9 Å². The summed E-state index contributed by atoms with van der Waals surface area (Å²) >= 11 is 0. The quantitative estimate of drug-likeness (QED) is 0.442. The van der Waals surface area contributed by atoms with E-state index in [-0.39, 0.29) is 6.61 Å². The summed E-state index contributed by atoms with van der Waals surface area (Å²) < 4.78 is 28.2. The summed E-state index contributed by atoms with van der Waals surface area (Å²) in [6.07, 6.45) is -3.01. The van der Waals surface area contributed by atoms with Gasteiger partial charge in [0, 0.05) is 0 Å². The fourth-order valence-electron chi connectivity index (χ4n) is 0.333. The van der Waals surface area contributed by atoms with Gasteiger partial charge in [-0.3, -0.25) is 0 Å². The highest BCUT2D eigenvalue weighted by Gasteiger charge is 2.47. The Labute approximate surface area is 61.4 Å². The van der Waals surface area contributed by atoms with Crippen LogP contribution < -0.4 is 0 Å². The van der Waals surface area contributed by atoms with Crippen molar-refractivity contribution in [3.8, 4) is 0 Å². The van der Waals surface area contributed by atoms with Crippen LogP contribution in [0.25, 0.3) is 0 Å². The highest BCUT2D eigenvalue weighted by atomic mass is 19.3. The number of hydrogen-bond donors (Lipinski definition) is 2. The minimum atomic E-state index is -4.24. The summed E-state index contributed by atoms with van der Waals surface area (Å²) in [4.78, 5) is 10.2. The van der Waals surface area contributed by atoms with Crippen LogP contribution in [-0.2, 0) is 9.53 Å². The number of esters is 1. The van der Waals surface area contributed by atoms with Gasteiger partial charge in [-0.1, -0.05) is 0 Å². The van der Waals surface area contributed by atoms with Gasteiger partial charge in [-0.05, 0) is 6.92 Å². The Bertz CT molecular complexity index is 145. The van der Waals surface area contributed by atoms with Crippen LogP contribution in [0, 0.1) is 0 Å². The van der Waals surface area contributed by atoms with Crippen LogP contribution in [0.1, 0.15) is 6.92 Å². The number of ether oxygens (including phenoxy) is 1. The van der Waals surface area contributed by atoms with Crippen molar-refractivity contribution in [2.45, 2.75) is 19.1 Å². The Balaban J connectivity index is 4.18. The molecule has 0 unspecified atom stereocenters. The van der Waals surface area contributed by atoms with Gasteiger partial charge in [0.15, 0.2) is 0 Å². The number of carbonyl (C=O) groups is 1. The van der Waals surface area contributed by atoms with Gasteiger partial charge in [0.2, 0.25) is 6.29 Å². The van der Waals surface area contributed by atoms with E-state index < -0.39 is 18.2 Å². The van der Waals surface area contributed by atoms with Gasteiger partial charge in [0.25, 0.3) is 0 Å². The van der Waals surface area contributed by atoms with Gasteiger partial charge in [-0.15, -0.1) is 0 Å². The summed E-state index contributed by atoms with van der Waals surface area (Å²) in [6, 6.07) is 0. The Kier molecular flexibility index (Phi) is 3.34. The first-order chi connectivity index (χ1) is 4.92. The van der Waals surface area contributed by atoms with E-state index in [9.17, 15) is 13.6 Å². The minimum absolute atomic E-state index is 0.235. The number of carbonyl (C=O) groups excluding carboxylic acids is 1. The zero-order valence-corrected chi connectivity index (χ0v) is 5.75. The van der Waals surface area contributed by atoms with Crippen LogP contribution in [0.4, 0.5) is 8.78 Å². The van der Waals surface area contributed by atoms with Crippen molar-refractivity contribution in [1.82, 2.24) is 0 Å². The number of aliphatic hydroxyl groups excluding tert-OH is 1. The zero-order chi connectivity index (χ0) is 9.07. The van der Waals surface area contributed by atoms with Crippen molar-refractivity contribution in [2.24, 2.45) is 0 Å². The lowest BCUT2D eigenvalue weighted by atomic mass is 10.3. The van der Waals surface area contributed by atoms with E-state index in [0.29, 0.717) is 0 Å². The third kappa shape index (κ3) is 2.39. The number of aliphatic hydroxyl groups is 2. The number of rotatable bonds is 3. The predicted molar refractivity (Wildman–Crippen MR) is 29.8 cm³/mol. The zero-order valence-electron chi connectivity index (χ0n) is 5.75. The van der Waals surface area contributed by atoms with Crippen molar-refractivity contribution in [1.29, 1.82) is 0 Å². The first-order valence-corrected chi connectivity index (χ1v) is 2.84. The third-order valence-electron chi connectivity index (χ3n) is 0.872. The van der Waals surface area contributed by atoms with Gasteiger partial charge in [-0.25, -0.2) is 4.79 Å². The lowest BCUT2D eigenvalue weighted by Gasteiger charge is -2.15. The first-order valence-electron chi connectivity index (χ1n) is 2.84. The Morgan fingerprint density at radius 1 is 1.64 bits per heavy atom. The van der Waals surface area contributed by atoms with Crippen LogP contribution in [0.2, 0.25) is 0 Å². The van der Waals surface area contributed by atoms with Crippen molar-refractivity contribution in [3.63, 3.8) is 0 Å². The number of hydrogen-bond acceptors (Lipinski definition) is 4. The molecule has 0 saturated heterocycles. The fraction of sp³-hybridized carbons (Fsp3) is 0.800. The molecule has 0 radical (unpaired) electrons. The van der Waals surface area contributed by atoms with Crippen LogP contribution in [-0.4, -0.2) is 35.0 Å². The molecule has 0 atom stereocenters. The molecule has 6 heteroatoms. The second kappa shape index (κ2) is 3.59. The maximum Gasteiger partial charge on any atom is 0.391 e. The van der Waals surface area contributed by atoms with Crippen LogP contribution in [0.3, 0.4) is 0 Å². The molecule has 4 nitrogen and oxygen atoms in total. The molecule has 0 saturated carbocycles. The molecule has 0 fully saturated rings. The summed E-state index contributed by atoms with van der Waals surface area (Å²) in [5.74, 6) is -6.18. The summed E-state index contributed by atoms with van der Waals surface area (Å²) in [7, 11) is 0. The predicted octanol–water partition coefficient (Wildman–Crippen LogP) is -0.505. The molecule has 0 heterocycles. The molecule has 66 valence electrons. The van der Waals surface area contributed by atoms with E-state index in [0.717, 1.165) is 0 Å². The lowest BCUT2D eigenvalue weighted by Crippen LogP contribution is -2.42. The topological polar surface area (TPSA) is 66.8 Å². The summed E-state index contributed by atoms with van der Waals surface area (Å²) in [5.41, 5.74) is 0. The second-order valence-electron chi connectivity index (χ2n) is 1.72. The van der Waals surface area contributed by atoms with E-state index in [1.165, 1.54) is 6.92 Å². The highest BCUT2D eigenvalue weighted by Crippen LogP contribution is 2.18. The monoisotopic (exact) mass is 170 g/mol. The molecular formula is C5H8F2O4. The average Bonchev–Trinajstić information content (AvgIpc) is 1.88. The van der Waals surface area contributed by atoms with E-state index in [2.05, 4.69) is 4.74 Å². The second-order valence-corrected chi connectivity index (χ2v) is 1.72. The molecule has 0 aromatic heterocycles. The molecule has 2 N–H and O–H groups in total. The molecule has 0 aromatic carbocycles. The van der Waals surface area contributed by atoms with Crippen LogP contribution >= 0.6 is 0 Å². The van der Waals surface area contributed by atoms with E-state index in [1.807, 2.05) is 0 Å². The van der Waals surface area contributed by atoms with Gasteiger partial charge < -0.3 is 14.9 Å². The normalized spacial score (nSPS) is 11.8.